The van der Waals surface area contributed by atoms with E-state index < -0.39 is 29.6 Å². The zero-order chi connectivity index (χ0) is 19.7. The van der Waals surface area contributed by atoms with Crippen LogP contribution in [0, 0.1) is 23.7 Å². The van der Waals surface area contributed by atoms with Crippen molar-refractivity contribution >= 4 is 17.8 Å². The van der Waals surface area contributed by atoms with Gasteiger partial charge in [-0.05, 0) is 68.2 Å². The molecule has 1 aromatic carbocycles. The fourth-order valence-corrected chi connectivity index (χ4v) is 4.67. The molecule has 0 saturated heterocycles. The van der Waals surface area contributed by atoms with Crippen molar-refractivity contribution in [3.05, 3.63) is 42.0 Å². The average Bonchev–Trinajstić information content (AvgIpc) is 3.43. The molecule has 3 N–H and O–H groups in total. The third-order valence-electron chi connectivity index (χ3n) is 6.07. The second-order valence-electron chi connectivity index (χ2n) is 7.83. The predicted molar refractivity (Wildman–Crippen MR) is 100 cm³/mol. The van der Waals surface area contributed by atoms with Gasteiger partial charge in [0.1, 0.15) is 5.75 Å². The van der Waals surface area contributed by atoms with E-state index >= 15 is 0 Å². The van der Waals surface area contributed by atoms with E-state index in [1.807, 2.05) is 12.2 Å². The lowest BCUT2D eigenvalue weighted by atomic mass is 9.82. The summed E-state index contributed by atoms with van der Waals surface area (Å²) in [4.78, 5) is 36.3. The van der Waals surface area contributed by atoms with Gasteiger partial charge in [-0.2, -0.15) is 0 Å². The molecule has 0 spiro atoms. The second kappa shape index (κ2) is 7.66. The summed E-state index contributed by atoms with van der Waals surface area (Å²) in [6.45, 7) is 0. The SMILES string of the molecule is O=C(NNC(=O)[C@H]1[C@H](C(=O)O)[C@H]2C=C[C@H]1C2)c1ccc(OC2CCCC2)cc1. The number of carboxylic acids is 1. The van der Waals surface area contributed by atoms with E-state index in [0.29, 0.717) is 12.0 Å². The maximum Gasteiger partial charge on any atom is 0.307 e. The van der Waals surface area contributed by atoms with Crippen molar-refractivity contribution in [3.8, 4) is 5.75 Å². The number of aliphatic carboxylic acids is 1. The first-order valence-electron chi connectivity index (χ1n) is 9.81. The van der Waals surface area contributed by atoms with Crippen LogP contribution in [0.5, 0.6) is 5.75 Å². The minimum atomic E-state index is -0.971. The molecule has 0 radical (unpaired) electrons. The highest BCUT2D eigenvalue weighted by Crippen LogP contribution is 2.48. The molecule has 1 aromatic rings. The molecule has 2 fully saturated rings. The number of carboxylic acid groups (broad SMARTS) is 1. The Hall–Kier alpha value is -2.83. The zero-order valence-corrected chi connectivity index (χ0v) is 15.5. The molecule has 4 atom stereocenters. The molecular weight excluding hydrogens is 360 g/mol. The van der Waals surface area contributed by atoms with Gasteiger partial charge in [0.15, 0.2) is 0 Å². The van der Waals surface area contributed by atoms with Gasteiger partial charge < -0.3 is 9.84 Å². The van der Waals surface area contributed by atoms with Crippen LogP contribution in [0.25, 0.3) is 0 Å². The number of nitrogens with one attached hydrogen (secondary N) is 2. The molecular formula is C21H24N2O5. The number of carbonyl (C=O) groups excluding carboxylic acids is 2. The van der Waals surface area contributed by atoms with Gasteiger partial charge >= 0.3 is 5.97 Å². The summed E-state index contributed by atoms with van der Waals surface area (Å²) in [5.74, 6) is -2.75. The molecule has 7 nitrogen and oxygen atoms in total. The maximum absolute atomic E-state index is 12.5. The summed E-state index contributed by atoms with van der Waals surface area (Å²) in [6, 6.07) is 6.78. The molecule has 3 aliphatic carbocycles. The van der Waals surface area contributed by atoms with Crippen molar-refractivity contribution in [2.75, 3.05) is 0 Å². The standard InChI is InChI=1S/C21H24N2O5/c24-19(12-7-9-16(10-8-12)28-15-3-1-2-4-15)22-23-20(25)17-13-5-6-14(11-13)18(17)21(26)27/h5-10,13-15,17-18H,1-4,11H2,(H,22,24)(H,23,25)(H,26,27)/t13-,14-,17+,18+/m0/s1. The van der Waals surface area contributed by atoms with E-state index in [9.17, 15) is 19.5 Å². The third kappa shape index (κ3) is 3.61. The molecule has 3 aliphatic rings. The van der Waals surface area contributed by atoms with Crippen LogP contribution in [0.1, 0.15) is 42.5 Å². The van der Waals surface area contributed by atoms with Gasteiger partial charge in [0.25, 0.3) is 5.91 Å². The van der Waals surface area contributed by atoms with Crippen molar-refractivity contribution in [3.63, 3.8) is 0 Å². The van der Waals surface area contributed by atoms with E-state index in [1.165, 1.54) is 12.8 Å². The number of amides is 2. The van der Waals surface area contributed by atoms with Gasteiger partial charge in [0, 0.05) is 5.56 Å². The Morgan fingerprint density at radius 1 is 0.929 bits per heavy atom. The number of fused-ring (bicyclic) bond motifs is 2. The molecule has 7 heteroatoms. The fourth-order valence-electron chi connectivity index (χ4n) is 4.67. The average molecular weight is 384 g/mol. The molecule has 28 heavy (non-hydrogen) atoms. The lowest BCUT2D eigenvalue weighted by Gasteiger charge is -2.23. The number of hydrogen-bond acceptors (Lipinski definition) is 4. The van der Waals surface area contributed by atoms with E-state index in [-0.39, 0.29) is 17.9 Å². The van der Waals surface area contributed by atoms with E-state index in [1.54, 1.807) is 24.3 Å². The Morgan fingerprint density at radius 2 is 1.57 bits per heavy atom. The summed E-state index contributed by atoms with van der Waals surface area (Å²) in [6.07, 6.45) is 9.19. The van der Waals surface area contributed by atoms with Crippen molar-refractivity contribution in [1.82, 2.24) is 10.9 Å². The topological polar surface area (TPSA) is 105 Å². The Kier molecular flexibility index (Phi) is 5.07. The number of hydrazine groups is 1. The van der Waals surface area contributed by atoms with Gasteiger partial charge in [0.05, 0.1) is 17.9 Å². The highest BCUT2D eigenvalue weighted by Gasteiger charge is 2.51. The molecule has 0 aromatic heterocycles. The first-order valence-corrected chi connectivity index (χ1v) is 9.81. The van der Waals surface area contributed by atoms with Crippen LogP contribution in [-0.2, 0) is 9.59 Å². The highest BCUT2D eigenvalue weighted by atomic mass is 16.5. The molecule has 0 heterocycles. The van der Waals surface area contributed by atoms with Crippen LogP contribution in [0.15, 0.2) is 36.4 Å². The summed E-state index contributed by atoms with van der Waals surface area (Å²) in [7, 11) is 0. The summed E-state index contributed by atoms with van der Waals surface area (Å²) < 4.78 is 5.87. The minimum absolute atomic E-state index is 0.0879. The first-order chi connectivity index (χ1) is 13.5. The number of hydrogen-bond donors (Lipinski definition) is 3. The van der Waals surface area contributed by atoms with Crippen LogP contribution in [0.4, 0.5) is 0 Å². The third-order valence-corrected chi connectivity index (χ3v) is 6.07. The molecule has 0 aliphatic heterocycles. The summed E-state index contributed by atoms with van der Waals surface area (Å²) in [5.41, 5.74) is 5.18. The maximum atomic E-state index is 12.5. The number of carbonyl (C=O) groups is 3. The van der Waals surface area contributed by atoms with Gasteiger partial charge in [-0.15, -0.1) is 0 Å². The Bertz CT molecular complexity index is 798. The highest BCUT2D eigenvalue weighted by molar-refractivity contribution is 5.96. The van der Waals surface area contributed by atoms with Gasteiger partial charge in [-0.1, -0.05) is 12.2 Å². The van der Waals surface area contributed by atoms with Crippen LogP contribution in [0.2, 0.25) is 0 Å². The van der Waals surface area contributed by atoms with Crippen LogP contribution in [-0.4, -0.2) is 29.0 Å². The van der Waals surface area contributed by atoms with Crippen molar-refractivity contribution in [1.29, 1.82) is 0 Å². The van der Waals surface area contributed by atoms with Gasteiger partial charge in [-0.25, -0.2) is 0 Å². The Labute approximate surface area is 163 Å². The lowest BCUT2D eigenvalue weighted by Crippen LogP contribution is -2.48. The van der Waals surface area contributed by atoms with Crippen molar-refractivity contribution in [2.24, 2.45) is 23.7 Å². The number of ether oxygens (including phenoxy) is 1. The van der Waals surface area contributed by atoms with E-state index in [2.05, 4.69) is 10.9 Å². The molecule has 4 rings (SSSR count). The predicted octanol–water partition coefficient (Wildman–Crippen LogP) is 2.29. The monoisotopic (exact) mass is 384 g/mol. The quantitative estimate of drug-likeness (QED) is 0.534. The number of benzene rings is 1. The normalized spacial score (nSPS) is 28.3. The van der Waals surface area contributed by atoms with Crippen molar-refractivity contribution < 1.29 is 24.2 Å². The fraction of sp³-hybridized carbons (Fsp3) is 0.476. The molecule has 148 valence electrons. The molecule has 2 saturated carbocycles. The minimum Gasteiger partial charge on any atom is -0.490 e. The number of rotatable bonds is 5. The number of allylic oxidation sites excluding steroid dienone is 2. The Morgan fingerprint density at radius 3 is 2.21 bits per heavy atom. The second-order valence-corrected chi connectivity index (χ2v) is 7.83. The van der Waals surface area contributed by atoms with Gasteiger partial charge in [0.2, 0.25) is 5.91 Å². The Balaban J connectivity index is 1.32. The van der Waals surface area contributed by atoms with Gasteiger partial charge in [-0.3, -0.25) is 25.2 Å². The van der Waals surface area contributed by atoms with Crippen LogP contribution < -0.4 is 15.6 Å². The van der Waals surface area contributed by atoms with Crippen LogP contribution in [0.3, 0.4) is 0 Å². The lowest BCUT2D eigenvalue weighted by molar-refractivity contribution is -0.148. The van der Waals surface area contributed by atoms with E-state index in [4.69, 9.17) is 4.74 Å². The smallest absolute Gasteiger partial charge is 0.307 e. The summed E-state index contributed by atoms with van der Waals surface area (Å²) >= 11 is 0. The van der Waals surface area contributed by atoms with Crippen molar-refractivity contribution in [2.45, 2.75) is 38.2 Å². The zero-order valence-electron chi connectivity index (χ0n) is 15.5. The van der Waals surface area contributed by atoms with E-state index in [0.717, 1.165) is 18.6 Å². The molecule has 0 unspecified atom stereocenters. The molecule has 2 amide bonds. The molecule has 2 bridgehead atoms. The largest absolute Gasteiger partial charge is 0.490 e. The first kappa shape index (κ1) is 18.5. The van der Waals surface area contributed by atoms with Crippen LogP contribution >= 0.6 is 0 Å². The summed E-state index contributed by atoms with van der Waals surface area (Å²) in [5, 5.41) is 9.42.